The number of nitrogens with zero attached hydrogens (tertiary/aromatic N) is 1. The summed E-state index contributed by atoms with van der Waals surface area (Å²) in [7, 11) is 3.15. The van der Waals surface area contributed by atoms with Crippen molar-refractivity contribution >= 4 is 28.8 Å². The zero-order valence-electron chi connectivity index (χ0n) is 16.4. The first kappa shape index (κ1) is 19.9. The number of nitrogens with one attached hydrogen (secondary N) is 2. The lowest BCUT2D eigenvalue weighted by Gasteiger charge is -2.11. The molecule has 0 fully saturated rings. The Hall–Kier alpha value is -3.87. The highest BCUT2D eigenvalue weighted by atomic mass is 16.5. The van der Waals surface area contributed by atoms with Crippen LogP contribution in [-0.2, 0) is 0 Å². The summed E-state index contributed by atoms with van der Waals surface area (Å²) < 4.78 is 10.5. The molecule has 3 aromatic rings. The topological polar surface area (TPSA) is 89.6 Å². The number of anilines is 3. The zero-order chi connectivity index (χ0) is 20.8. The molecule has 29 heavy (non-hydrogen) atoms. The molecule has 0 saturated heterocycles. The molecule has 2 N–H and O–H groups in total. The fourth-order valence-corrected chi connectivity index (χ4v) is 2.69. The van der Waals surface area contributed by atoms with Crippen LogP contribution in [0.1, 0.15) is 27.8 Å². The van der Waals surface area contributed by atoms with Crippen LogP contribution in [0.5, 0.6) is 11.5 Å². The number of benzene rings is 2. The van der Waals surface area contributed by atoms with E-state index in [2.05, 4.69) is 15.6 Å². The highest BCUT2D eigenvalue weighted by Gasteiger charge is 2.10. The van der Waals surface area contributed by atoms with Crippen molar-refractivity contribution in [3.8, 4) is 11.5 Å². The van der Waals surface area contributed by atoms with Gasteiger partial charge in [-0.1, -0.05) is 12.1 Å². The second kappa shape index (κ2) is 8.88. The Morgan fingerprint density at radius 3 is 2.28 bits per heavy atom. The summed E-state index contributed by atoms with van der Waals surface area (Å²) in [5, 5.41) is 5.94. The Balaban J connectivity index is 1.69. The molecule has 0 spiro atoms. The Kier molecular flexibility index (Phi) is 6.09. The highest BCUT2D eigenvalue weighted by molar-refractivity contribution is 6.04. The number of rotatable bonds is 7. The molecular formula is C22H21N3O4. The molecule has 2 aromatic carbocycles. The lowest BCUT2D eigenvalue weighted by Crippen LogP contribution is -2.14. The van der Waals surface area contributed by atoms with E-state index in [1.807, 2.05) is 12.1 Å². The van der Waals surface area contributed by atoms with E-state index in [1.165, 1.54) is 6.92 Å². The fraction of sp³-hybridized carbons (Fsp3) is 0.136. The molecule has 0 aliphatic heterocycles. The monoisotopic (exact) mass is 391 g/mol. The van der Waals surface area contributed by atoms with Crippen LogP contribution >= 0.6 is 0 Å². The van der Waals surface area contributed by atoms with Crippen LogP contribution in [0.25, 0.3) is 0 Å². The predicted molar refractivity (Wildman–Crippen MR) is 111 cm³/mol. The quantitative estimate of drug-likeness (QED) is 0.584. The third-order valence-electron chi connectivity index (χ3n) is 4.20. The number of hydrogen-bond acceptors (Lipinski definition) is 6. The number of hydrogen-bond donors (Lipinski definition) is 2. The molecule has 3 rings (SSSR count). The van der Waals surface area contributed by atoms with E-state index in [1.54, 1.807) is 62.9 Å². The normalized spacial score (nSPS) is 10.2. The number of pyridine rings is 1. The Morgan fingerprint density at radius 1 is 0.862 bits per heavy atom. The van der Waals surface area contributed by atoms with E-state index in [0.29, 0.717) is 28.4 Å². The van der Waals surface area contributed by atoms with Crippen LogP contribution in [0.2, 0.25) is 0 Å². The smallest absolute Gasteiger partial charge is 0.274 e. The maximum absolute atomic E-state index is 12.4. The van der Waals surface area contributed by atoms with Crippen molar-refractivity contribution in [2.45, 2.75) is 6.92 Å². The average molecular weight is 391 g/mol. The standard InChI is InChI=1S/C22H21N3O4/c1-14(26)15-5-4-6-16(11-15)25-22(27)19-9-7-18(13-23-19)24-17-8-10-20(28-2)21(12-17)29-3/h4-13,24H,1-3H3,(H,25,27). The second-order valence-corrected chi connectivity index (χ2v) is 6.22. The van der Waals surface area contributed by atoms with Crippen molar-refractivity contribution in [3.05, 3.63) is 72.1 Å². The molecule has 1 heterocycles. The van der Waals surface area contributed by atoms with Crippen LogP contribution in [0.3, 0.4) is 0 Å². The SMILES string of the molecule is COc1ccc(Nc2ccc(C(=O)Nc3cccc(C(C)=O)c3)nc2)cc1OC. The number of methoxy groups -OCH3 is 2. The van der Waals surface area contributed by atoms with Gasteiger partial charge in [-0.15, -0.1) is 0 Å². The molecule has 148 valence electrons. The minimum absolute atomic E-state index is 0.0650. The van der Waals surface area contributed by atoms with Crippen LogP contribution in [-0.4, -0.2) is 30.9 Å². The lowest BCUT2D eigenvalue weighted by molar-refractivity contribution is 0.100. The first-order valence-corrected chi connectivity index (χ1v) is 8.87. The van der Waals surface area contributed by atoms with Crippen molar-refractivity contribution in [3.63, 3.8) is 0 Å². The maximum atomic E-state index is 12.4. The van der Waals surface area contributed by atoms with Gasteiger partial charge >= 0.3 is 0 Å². The summed E-state index contributed by atoms with van der Waals surface area (Å²) in [5.74, 6) is 0.819. The molecule has 0 unspecified atom stereocenters. The largest absolute Gasteiger partial charge is 0.493 e. The lowest BCUT2D eigenvalue weighted by atomic mass is 10.1. The molecule has 0 radical (unpaired) electrons. The molecule has 0 aliphatic carbocycles. The molecule has 0 bridgehead atoms. The first-order valence-electron chi connectivity index (χ1n) is 8.87. The number of carbonyl (C=O) groups is 2. The van der Waals surface area contributed by atoms with E-state index >= 15 is 0 Å². The number of ether oxygens (including phenoxy) is 2. The minimum Gasteiger partial charge on any atom is -0.493 e. The summed E-state index contributed by atoms with van der Waals surface area (Å²) in [6.07, 6.45) is 1.57. The van der Waals surface area contributed by atoms with Crippen LogP contribution in [0.15, 0.2) is 60.8 Å². The molecule has 0 saturated carbocycles. The van der Waals surface area contributed by atoms with Crippen LogP contribution < -0.4 is 20.1 Å². The van der Waals surface area contributed by atoms with Gasteiger partial charge in [0.05, 0.1) is 26.1 Å². The van der Waals surface area contributed by atoms with E-state index in [4.69, 9.17) is 9.47 Å². The summed E-state index contributed by atoms with van der Waals surface area (Å²) in [4.78, 5) is 28.1. The van der Waals surface area contributed by atoms with Crippen LogP contribution in [0, 0.1) is 0 Å². The fourth-order valence-electron chi connectivity index (χ4n) is 2.69. The summed E-state index contributed by atoms with van der Waals surface area (Å²) >= 11 is 0. The van der Waals surface area contributed by atoms with Gasteiger partial charge in [0, 0.05) is 23.0 Å². The number of carbonyl (C=O) groups excluding carboxylic acids is 2. The molecular weight excluding hydrogens is 370 g/mol. The average Bonchev–Trinajstić information content (AvgIpc) is 2.74. The molecule has 0 aliphatic rings. The zero-order valence-corrected chi connectivity index (χ0v) is 16.4. The van der Waals surface area contributed by atoms with Crippen molar-refractivity contribution in [1.29, 1.82) is 0 Å². The predicted octanol–water partition coefficient (Wildman–Crippen LogP) is 4.30. The number of ketones is 1. The third-order valence-corrected chi connectivity index (χ3v) is 4.20. The van der Waals surface area contributed by atoms with Gasteiger partial charge in [-0.3, -0.25) is 9.59 Å². The summed E-state index contributed by atoms with van der Waals surface area (Å²) in [6.45, 7) is 1.48. The van der Waals surface area contributed by atoms with Gasteiger partial charge in [0.1, 0.15) is 5.69 Å². The van der Waals surface area contributed by atoms with E-state index in [-0.39, 0.29) is 17.4 Å². The Bertz CT molecular complexity index is 1030. The molecule has 0 atom stereocenters. The van der Waals surface area contributed by atoms with Crippen molar-refractivity contribution in [2.24, 2.45) is 0 Å². The van der Waals surface area contributed by atoms with Gasteiger partial charge in [0.15, 0.2) is 17.3 Å². The Morgan fingerprint density at radius 2 is 1.62 bits per heavy atom. The van der Waals surface area contributed by atoms with Gasteiger partial charge in [-0.05, 0) is 43.3 Å². The summed E-state index contributed by atoms with van der Waals surface area (Å²) in [6, 6.07) is 15.6. The number of Topliss-reactive ketones (excluding diaryl/α,β-unsaturated/α-hetero) is 1. The third kappa shape index (κ3) is 4.90. The highest BCUT2D eigenvalue weighted by Crippen LogP contribution is 2.31. The minimum atomic E-state index is -0.358. The van der Waals surface area contributed by atoms with Gasteiger partial charge in [0.2, 0.25) is 0 Å². The second-order valence-electron chi connectivity index (χ2n) is 6.22. The molecule has 7 nitrogen and oxygen atoms in total. The van der Waals surface area contributed by atoms with E-state index in [0.717, 1.165) is 5.69 Å². The van der Waals surface area contributed by atoms with Crippen molar-refractivity contribution in [1.82, 2.24) is 4.98 Å². The van der Waals surface area contributed by atoms with E-state index in [9.17, 15) is 9.59 Å². The molecule has 7 heteroatoms. The van der Waals surface area contributed by atoms with Crippen molar-refractivity contribution < 1.29 is 19.1 Å². The van der Waals surface area contributed by atoms with Crippen LogP contribution in [0.4, 0.5) is 17.1 Å². The van der Waals surface area contributed by atoms with Gasteiger partial charge < -0.3 is 20.1 Å². The molecule has 1 amide bonds. The van der Waals surface area contributed by atoms with E-state index < -0.39 is 0 Å². The Labute approximate surface area is 168 Å². The van der Waals surface area contributed by atoms with Gasteiger partial charge in [0.25, 0.3) is 5.91 Å². The number of aromatic nitrogens is 1. The van der Waals surface area contributed by atoms with Gasteiger partial charge in [-0.25, -0.2) is 4.98 Å². The van der Waals surface area contributed by atoms with Crippen molar-refractivity contribution in [2.75, 3.05) is 24.9 Å². The maximum Gasteiger partial charge on any atom is 0.274 e. The van der Waals surface area contributed by atoms with Gasteiger partial charge in [-0.2, -0.15) is 0 Å². The number of amides is 1. The first-order chi connectivity index (χ1) is 14.0. The summed E-state index contributed by atoms with van der Waals surface area (Å²) in [5.41, 5.74) is 2.84. The molecule has 1 aromatic heterocycles.